The maximum absolute atomic E-state index is 13.3. The molecule has 9 rings (SSSR count). The number of hydrogen-bond donors (Lipinski definition) is 1. The van der Waals surface area contributed by atoms with Gasteiger partial charge >= 0.3 is 6.09 Å². The highest BCUT2D eigenvalue weighted by atomic mass is 79.9. The molecule has 2 aliphatic carbocycles. The molecule has 3 aliphatic heterocycles. The summed E-state index contributed by atoms with van der Waals surface area (Å²) in [5.74, 6) is 2.27. The molecule has 2 unspecified atom stereocenters. The normalized spacial score (nSPS) is 21.0. The van der Waals surface area contributed by atoms with E-state index in [1.807, 2.05) is 45.3 Å². The Morgan fingerprint density at radius 1 is 0.677 bits per heavy atom. The first-order valence-corrected chi connectivity index (χ1v) is 25.0. The molecule has 5 heterocycles. The van der Waals surface area contributed by atoms with E-state index < -0.39 is 5.60 Å². The third kappa shape index (κ3) is 10.9. The lowest BCUT2D eigenvalue weighted by molar-refractivity contribution is -0.134. The van der Waals surface area contributed by atoms with Crippen LogP contribution in [0.2, 0.25) is 10.0 Å². The van der Waals surface area contributed by atoms with Crippen molar-refractivity contribution in [3.63, 3.8) is 0 Å². The fourth-order valence-corrected chi connectivity index (χ4v) is 11.7. The second-order valence-electron chi connectivity index (χ2n) is 19.0. The second-order valence-corrected chi connectivity index (χ2v) is 21.7. The Morgan fingerprint density at radius 2 is 1.15 bits per heavy atom. The topological polar surface area (TPSA) is 87.7 Å². The van der Waals surface area contributed by atoms with E-state index in [0.717, 1.165) is 96.5 Å². The zero-order chi connectivity index (χ0) is 43.5. The molecule has 1 N–H and O–H groups in total. The van der Waals surface area contributed by atoms with Crippen LogP contribution < -0.4 is 5.32 Å². The number of carbonyl (C=O) groups is 2. The Labute approximate surface area is 394 Å². The average Bonchev–Trinajstić information content (AvgIpc) is 3.51. The van der Waals surface area contributed by atoms with E-state index in [9.17, 15) is 9.59 Å². The van der Waals surface area contributed by atoms with Crippen LogP contribution in [0.25, 0.3) is 0 Å². The summed E-state index contributed by atoms with van der Waals surface area (Å²) < 4.78 is 7.60. The van der Waals surface area contributed by atoms with Crippen molar-refractivity contribution < 1.29 is 14.3 Å². The molecule has 4 aromatic rings. The SMILES string of the molecule is CC(C)(C)OC(=O)N1CCC(CC(=O)N2CCC(C3c4ccc(Cl)cc4CCc4cc(Br)cnc43)CC2)CC1.Clc1ccc2c(c1)CCc1cc(Br)cnc1C2C1CCNCC1. The molecule has 3 saturated heterocycles. The number of aryl methyl sites for hydroxylation is 4. The highest BCUT2D eigenvalue weighted by Crippen LogP contribution is 2.45. The molecule has 0 saturated carbocycles. The molecule has 5 aliphatic rings. The molecule has 0 radical (unpaired) electrons. The first kappa shape index (κ1) is 45.5. The van der Waals surface area contributed by atoms with Crippen LogP contribution in [0.3, 0.4) is 0 Å². The Kier molecular flexibility index (Phi) is 14.7. The summed E-state index contributed by atoms with van der Waals surface area (Å²) >= 11 is 19.9. The maximum Gasteiger partial charge on any atom is 0.410 e. The van der Waals surface area contributed by atoms with E-state index in [1.54, 1.807) is 4.90 Å². The van der Waals surface area contributed by atoms with Gasteiger partial charge < -0.3 is 19.9 Å². The predicted molar refractivity (Wildman–Crippen MR) is 255 cm³/mol. The van der Waals surface area contributed by atoms with Crippen LogP contribution in [-0.2, 0) is 35.2 Å². The van der Waals surface area contributed by atoms with Crippen molar-refractivity contribution in [3.8, 4) is 0 Å². The van der Waals surface area contributed by atoms with Crippen LogP contribution in [0.4, 0.5) is 4.79 Å². The highest BCUT2D eigenvalue weighted by molar-refractivity contribution is 9.10. The predicted octanol–water partition coefficient (Wildman–Crippen LogP) is 11.7. The minimum absolute atomic E-state index is 0.220. The van der Waals surface area contributed by atoms with Gasteiger partial charge in [-0.05, 0) is 217 Å². The minimum atomic E-state index is -0.489. The third-order valence-corrected chi connectivity index (χ3v) is 15.0. The van der Waals surface area contributed by atoms with Gasteiger partial charge in [-0.1, -0.05) is 35.3 Å². The molecule has 12 heteroatoms. The largest absolute Gasteiger partial charge is 0.444 e. The number of likely N-dealkylation sites (tertiary alicyclic amines) is 2. The molecular weight excluding hydrogens is 949 g/mol. The highest BCUT2D eigenvalue weighted by Gasteiger charge is 2.37. The number of ether oxygens (including phenoxy) is 1. The van der Waals surface area contributed by atoms with E-state index in [-0.39, 0.29) is 17.9 Å². The van der Waals surface area contributed by atoms with Gasteiger partial charge in [-0.3, -0.25) is 14.8 Å². The number of halogens is 4. The lowest BCUT2D eigenvalue weighted by atomic mass is 9.76. The van der Waals surface area contributed by atoms with Crippen molar-refractivity contribution in [2.45, 2.75) is 109 Å². The van der Waals surface area contributed by atoms with E-state index in [2.05, 4.69) is 78.5 Å². The number of nitrogens with one attached hydrogen (secondary N) is 1. The summed E-state index contributed by atoms with van der Waals surface area (Å²) in [6.45, 7) is 10.8. The number of carbonyl (C=O) groups excluding carboxylic acids is 2. The standard InChI is InChI=1S/C31H39BrClN3O3.C19H20BrClN2/c1-31(2,3)39-30(38)36-12-8-20(9-13-36)16-27(37)35-14-10-21(11-15-35)28-26-7-6-25(33)18-22(26)4-5-23-17-24(32)19-34-29(23)28;20-15-9-14-2-1-13-10-16(21)3-4-17(13)18(19(14)23-11-15)12-5-7-22-8-6-12/h6-7,17-21,28H,4-5,8-16H2,1-3H3;3-4,9-12,18,22H,1-2,5-8H2. The van der Waals surface area contributed by atoms with Gasteiger partial charge in [0.25, 0.3) is 0 Å². The molecule has 8 nitrogen and oxygen atoms in total. The number of rotatable bonds is 4. The number of pyridine rings is 2. The zero-order valence-electron chi connectivity index (χ0n) is 36.2. The molecular formula is C50H59Br2Cl2N5O3. The lowest BCUT2D eigenvalue weighted by Gasteiger charge is -2.38. The first-order chi connectivity index (χ1) is 29.8. The number of benzene rings is 2. The Balaban J connectivity index is 0.000000194. The number of nitrogens with zero attached hydrogens (tertiary/aromatic N) is 4. The summed E-state index contributed by atoms with van der Waals surface area (Å²) in [4.78, 5) is 39.3. The Bertz CT molecular complexity index is 2140. The van der Waals surface area contributed by atoms with Gasteiger partial charge in [0.1, 0.15) is 5.60 Å². The van der Waals surface area contributed by atoms with Gasteiger partial charge in [-0.15, -0.1) is 0 Å². The maximum atomic E-state index is 13.3. The Hall–Kier alpha value is -3.02. The molecule has 2 aromatic carbocycles. The van der Waals surface area contributed by atoms with Gasteiger partial charge in [-0.25, -0.2) is 4.79 Å². The first-order valence-electron chi connectivity index (χ1n) is 22.6. The van der Waals surface area contributed by atoms with Crippen LogP contribution in [-0.4, -0.2) is 76.6 Å². The second kappa shape index (κ2) is 20.0. The van der Waals surface area contributed by atoms with Crippen LogP contribution in [0.1, 0.15) is 122 Å². The van der Waals surface area contributed by atoms with Crippen molar-refractivity contribution in [1.82, 2.24) is 25.1 Å². The van der Waals surface area contributed by atoms with Crippen molar-refractivity contribution in [3.05, 3.63) is 125 Å². The summed E-state index contributed by atoms with van der Waals surface area (Å²) in [6, 6.07) is 17.2. The van der Waals surface area contributed by atoms with Gasteiger partial charge in [0.15, 0.2) is 0 Å². The smallest absolute Gasteiger partial charge is 0.410 e. The van der Waals surface area contributed by atoms with Crippen molar-refractivity contribution in [2.75, 3.05) is 39.3 Å². The van der Waals surface area contributed by atoms with E-state index in [1.165, 1.54) is 57.6 Å². The van der Waals surface area contributed by atoms with Crippen LogP contribution in [0.15, 0.2) is 69.9 Å². The number of hydrogen-bond acceptors (Lipinski definition) is 6. The molecule has 2 aromatic heterocycles. The summed E-state index contributed by atoms with van der Waals surface area (Å²) in [5, 5.41) is 5.11. The number of amides is 2. The quantitative estimate of drug-likeness (QED) is 0.219. The van der Waals surface area contributed by atoms with E-state index in [0.29, 0.717) is 43.2 Å². The number of piperidine rings is 3. The van der Waals surface area contributed by atoms with E-state index >= 15 is 0 Å². The van der Waals surface area contributed by atoms with Gasteiger partial charge in [0.05, 0.1) is 11.4 Å². The van der Waals surface area contributed by atoms with Crippen LogP contribution in [0.5, 0.6) is 0 Å². The van der Waals surface area contributed by atoms with Gasteiger partial charge in [-0.2, -0.15) is 0 Å². The summed E-state index contributed by atoms with van der Waals surface area (Å²) in [6.07, 6.45) is 14.2. The molecule has 2 atom stereocenters. The third-order valence-electron chi connectivity index (χ3n) is 13.7. The van der Waals surface area contributed by atoms with Crippen LogP contribution in [0, 0.1) is 17.8 Å². The van der Waals surface area contributed by atoms with Crippen molar-refractivity contribution >= 4 is 67.1 Å². The number of fused-ring (bicyclic) bond motifs is 4. The summed E-state index contributed by atoms with van der Waals surface area (Å²) in [5.41, 5.74) is 10.2. The number of aromatic nitrogens is 2. The molecule has 0 spiro atoms. The molecule has 330 valence electrons. The minimum Gasteiger partial charge on any atom is -0.444 e. The molecule has 0 bridgehead atoms. The Morgan fingerprint density at radius 3 is 1.65 bits per heavy atom. The van der Waals surface area contributed by atoms with E-state index in [4.69, 9.17) is 37.9 Å². The lowest BCUT2D eigenvalue weighted by Crippen LogP contribution is -2.44. The van der Waals surface area contributed by atoms with Crippen molar-refractivity contribution in [2.24, 2.45) is 17.8 Å². The van der Waals surface area contributed by atoms with Crippen LogP contribution >= 0.6 is 55.1 Å². The molecule has 3 fully saturated rings. The summed E-state index contributed by atoms with van der Waals surface area (Å²) in [7, 11) is 0. The van der Waals surface area contributed by atoms with Crippen molar-refractivity contribution in [1.29, 1.82) is 0 Å². The molecule has 62 heavy (non-hydrogen) atoms. The fourth-order valence-electron chi connectivity index (χ4n) is 10.6. The average molecular weight is 1010 g/mol. The fraction of sp³-hybridized carbons (Fsp3) is 0.520. The van der Waals surface area contributed by atoms with Gasteiger partial charge in [0, 0.05) is 75.8 Å². The monoisotopic (exact) mass is 1010 g/mol. The molecule has 2 amide bonds. The van der Waals surface area contributed by atoms with Gasteiger partial charge in [0.2, 0.25) is 5.91 Å². The zero-order valence-corrected chi connectivity index (χ0v) is 40.9.